The molecule has 112 valence electrons. The summed E-state index contributed by atoms with van der Waals surface area (Å²) in [7, 11) is 0. The molecule has 0 saturated heterocycles. The highest BCUT2D eigenvalue weighted by Crippen LogP contribution is 2.37. The van der Waals surface area contributed by atoms with Crippen LogP contribution in [0.1, 0.15) is 9.67 Å². The van der Waals surface area contributed by atoms with Crippen LogP contribution in [0.5, 0.6) is 0 Å². The fraction of sp³-hybridized carbons (Fsp3) is 0. The molecular weight excluding hydrogens is 476 g/mol. The lowest BCUT2D eigenvalue weighted by Gasteiger charge is -2.06. The number of thiophene rings is 1. The van der Waals surface area contributed by atoms with Gasteiger partial charge in [0.15, 0.2) is 0 Å². The van der Waals surface area contributed by atoms with E-state index in [9.17, 15) is 4.79 Å². The van der Waals surface area contributed by atoms with E-state index < -0.39 is 0 Å². The van der Waals surface area contributed by atoms with Crippen LogP contribution < -0.4 is 5.32 Å². The number of rotatable bonds is 2. The smallest absolute Gasteiger partial charge is 0.267 e. The number of hydrogen-bond donors (Lipinski definition) is 1. The van der Waals surface area contributed by atoms with Crippen molar-refractivity contribution in [1.29, 1.82) is 0 Å². The summed E-state index contributed by atoms with van der Waals surface area (Å²) in [5.41, 5.74) is 0.554. The van der Waals surface area contributed by atoms with Crippen molar-refractivity contribution in [1.82, 2.24) is 0 Å². The normalized spacial score (nSPS) is 10.9. The first-order valence-corrected chi connectivity index (χ1v) is 9.12. The van der Waals surface area contributed by atoms with Crippen molar-refractivity contribution in [2.75, 3.05) is 5.32 Å². The Labute approximate surface area is 159 Å². The molecule has 0 aliphatic rings. The van der Waals surface area contributed by atoms with E-state index in [1.54, 1.807) is 24.3 Å². The van der Waals surface area contributed by atoms with Gasteiger partial charge in [0.25, 0.3) is 5.91 Å². The standard InChI is InChI=1S/C15H7Cl3INOS/c16-7-1-3-9-12(5-7)22-14(13(9)18)15(21)20-11-4-2-8(19)6-10(11)17/h1-6H,(H,20,21). The zero-order valence-electron chi connectivity index (χ0n) is 10.8. The van der Waals surface area contributed by atoms with E-state index in [0.29, 0.717) is 25.6 Å². The summed E-state index contributed by atoms with van der Waals surface area (Å²) in [6, 6.07) is 10.8. The number of nitrogens with one attached hydrogen (secondary N) is 1. The fourth-order valence-corrected chi connectivity index (χ4v) is 4.55. The van der Waals surface area contributed by atoms with Crippen LogP contribution in [0.3, 0.4) is 0 Å². The number of anilines is 1. The molecule has 2 aromatic carbocycles. The molecule has 7 heteroatoms. The van der Waals surface area contributed by atoms with Crippen molar-refractivity contribution < 1.29 is 4.79 Å². The maximum absolute atomic E-state index is 12.4. The third-order valence-corrected chi connectivity index (χ3v) is 5.85. The van der Waals surface area contributed by atoms with Gasteiger partial charge in [-0.05, 0) is 52.9 Å². The topological polar surface area (TPSA) is 29.1 Å². The Morgan fingerprint density at radius 3 is 2.59 bits per heavy atom. The van der Waals surface area contributed by atoms with Crippen LogP contribution in [0.15, 0.2) is 36.4 Å². The summed E-state index contributed by atoms with van der Waals surface area (Å²) >= 11 is 21.9. The molecule has 1 heterocycles. The van der Waals surface area contributed by atoms with E-state index in [4.69, 9.17) is 34.8 Å². The van der Waals surface area contributed by atoms with Gasteiger partial charge in [-0.2, -0.15) is 0 Å². The average Bonchev–Trinajstić information content (AvgIpc) is 2.78. The van der Waals surface area contributed by atoms with Gasteiger partial charge >= 0.3 is 0 Å². The van der Waals surface area contributed by atoms with Crippen molar-refractivity contribution >= 4 is 90.4 Å². The minimum Gasteiger partial charge on any atom is -0.320 e. The molecule has 0 aliphatic heterocycles. The molecule has 0 aliphatic carbocycles. The maximum Gasteiger partial charge on any atom is 0.267 e. The van der Waals surface area contributed by atoms with E-state index in [1.807, 2.05) is 12.1 Å². The first-order chi connectivity index (χ1) is 10.5. The van der Waals surface area contributed by atoms with E-state index in [2.05, 4.69) is 27.9 Å². The second kappa shape index (κ2) is 6.53. The van der Waals surface area contributed by atoms with Gasteiger partial charge in [0.2, 0.25) is 0 Å². The molecule has 1 amide bonds. The number of benzene rings is 2. The largest absolute Gasteiger partial charge is 0.320 e. The highest BCUT2D eigenvalue weighted by Gasteiger charge is 2.18. The Morgan fingerprint density at radius 1 is 1.09 bits per heavy atom. The lowest BCUT2D eigenvalue weighted by Crippen LogP contribution is -2.11. The zero-order chi connectivity index (χ0) is 15.9. The van der Waals surface area contributed by atoms with Gasteiger partial charge in [0, 0.05) is 18.7 Å². The van der Waals surface area contributed by atoms with Crippen molar-refractivity contribution in [2.24, 2.45) is 0 Å². The SMILES string of the molecule is O=C(Nc1ccc(I)cc1Cl)c1sc2cc(Cl)ccc2c1Cl. The van der Waals surface area contributed by atoms with Crippen LogP contribution in [-0.2, 0) is 0 Å². The number of fused-ring (bicyclic) bond motifs is 1. The molecular formula is C15H7Cl3INOS. The second-order valence-corrected chi connectivity index (χ2v) is 7.98. The number of hydrogen-bond acceptors (Lipinski definition) is 2. The summed E-state index contributed by atoms with van der Waals surface area (Å²) in [6.45, 7) is 0. The number of carbonyl (C=O) groups is 1. The first-order valence-electron chi connectivity index (χ1n) is 6.09. The average molecular weight is 483 g/mol. The Morgan fingerprint density at radius 2 is 1.86 bits per heavy atom. The van der Waals surface area contributed by atoms with Crippen LogP contribution in [0.25, 0.3) is 10.1 Å². The molecule has 2 nitrogen and oxygen atoms in total. The van der Waals surface area contributed by atoms with Crippen molar-refractivity contribution in [3.8, 4) is 0 Å². The second-order valence-electron chi connectivity index (χ2n) is 4.46. The summed E-state index contributed by atoms with van der Waals surface area (Å²) in [5.74, 6) is -0.287. The van der Waals surface area contributed by atoms with E-state index in [-0.39, 0.29) is 5.91 Å². The Kier molecular flexibility index (Phi) is 4.85. The van der Waals surface area contributed by atoms with Gasteiger partial charge in [-0.3, -0.25) is 4.79 Å². The van der Waals surface area contributed by atoms with E-state index >= 15 is 0 Å². The Balaban J connectivity index is 1.97. The molecule has 0 saturated carbocycles. The number of carbonyl (C=O) groups excluding carboxylic acids is 1. The third-order valence-electron chi connectivity index (χ3n) is 2.98. The van der Waals surface area contributed by atoms with Gasteiger partial charge in [-0.25, -0.2) is 0 Å². The van der Waals surface area contributed by atoms with E-state index in [1.165, 1.54) is 11.3 Å². The third kappa shape index (κ3) is 3.21. The summed E-state index contributed by atoms with van der Waals surface area (Å²) in [4.78, 5) is 12.9. The molecule has 0 bridgehead atoms. The summed E-state index contributed by atoms with van der Waals surface area (Å²) in [6.07, 6.45) is 0. The predicted octanol–water partition coefficient (Wildman–Crippen LogP) is 6.72. The van der Waals surface area contributed by atoms with Crippen LogP contribution >= 0.6 is 68.7 Å². The highest BCUT2D eigenvalue weighted by atomic mass is 127. The highest BCUT2D eigenvalue weighted by molar-refractivity contribution is 14.1. The molecule has 22 heavy (non-hydrogen) atoms. The molecule has 0 radical (unpaired) electrons. The van der Waals surface area contributed by atoms with Gasteiger partial charge < -0.3 is 5.32 Å². The molecule has 0 unspecified atom stereocenters. The van der Waals surface area contributed by atoms with Gasteiger partial charge in [-0.15, -0.1) is 11.3 Å². The van der Waals surface area contributed by atoms with Gasteiger partial charge in [0.05, 0.1) is 15.7 Å². The molecule has 1 N–H and O–H groups in total. The van der Waals surface area contributed by atoms with Crippen LogP contribution in [0, 0.1) is 3.57 Å². The van der Waals surface area contributed by atoms with Crippen molar-refractivity contribution in [3.05, 3.63) is 59.9 Å². The molecule has 1 aromatic heterocycles. The van der Waals surface area contributed by atoms with Crippen molar-refractivity contribution in [3.63, 3.8) is 0 Å². The van der Waals surface area contributed by atoms with Gasteiger partial charge in [0.1, 0.15) is 4.88 Å². The minimum atomic E-state index is -0.287. The monoisotopic (exact) mass is 481 g/mol. The maximum atomic E-state index is 12.4. The summed E-state index contributed by atoms with van der Waals surface area (Å²) in [5, 5.41) is 5.13. The number of halogens is 4. The van der Waals surface area contributed by atoms with Crippen molar-refractivity contribution in [2.45, 2.75) is 0 Å². The predicted molar refractivity (Wildman–Crippen MR) is 104 cm³/mol. The quantitative estimate of drug-likeness (QED) is 0.404. The summed E-state index contributed by atoms with van der Waals surface area (Å²) < 4.78 is 1.87. The molecule has 3 rings (SSSR count). The molecule has 0 atom stereocenters. The molecule has 0 spiro atoms. The zero-order valence-corrected chi connectivity index (χ0v) is 16.0. The Hall–Kier alpha value is -0.530. The van der Waals surface area contributed by atoms with Crippen LogP contribution in [0.2, 0.25) is 15.1 Å². The number of amides is 1. The van der Waals surface area contributed by atoms with E-state index in [0.717, 1.165) is 13.7 Å². The van der Waals surface area contributed by atoms with Crippen LogP contribution in [-0.4, -0.2) is 5.91 Å². The lowest BCUT2D eigenvalue weighted by atomic mass is 10.2. The fourth-order valence-electron chi connectivity index (χ4n) is 1.95. The lowest BCUT2D eigenvalue weighted by molar-refractivity contribution is 0.103. The molecule has 0 fully saturated rings. The molecule has 3 aromatic rings. The minimum absolute atomic E-state index is 0.287. The van der Waals surface area contributed by atoms with Crippen LogP contribution in [0.4, 0.5) is 5.69 Å². The van der Waals surface area contributed by atoms with Gasteiger partial charge in [-0.1, -0.05) is 40.9 Å². The first kappa shape index (κ1) is 16.3. The Bertz CT molecular complexity index is 894.